The van der Waals surface area contributed by atoms with Crippen molar-refractivity contribution >= 4 is 122 Å². The molecule has 9 amide bonds. The molecule has 0 saturated heterocycles. The second-order valence-corrected chi connectivity index (χ2v) is 30.6. The molecular weight excluding hydrogens is 1340 g/mol. The lowest BCUT2D eigenvalue weighted by Gasteiger charge is -2.28. The van der Waals surface area contributed by atoms with E-state index in [1.165, 1.54) is 56.4 Å². The Labute approximate surface area is 588 Å². The highest BCUT2D eigenvalue weighted by Crippen LogP contribution is 2.34. The van der Waals surface area contributed by atoms with Crippen molar-refractivity contribution in [3.05, 3.63) is 160 Å². The topological polar surface area (TPSA) is 323 Å². The number of hydrogen-bond donors (Lipinski definition) is 12. The molecule has 3 aromatic heterocycles. The van der Waals surface area contributed by atoms with E-state index in [0.29, 0.717) is 55.8 Å². The first kappa shape index (κ1) is 81.3. The van der Waals surface area contributed by atoms with Crippen molar-refractivity contribution in [1.29, 1.82) is 0 Å². The molecular formula is C69H93N9O12S6. The smallest absolute Gasteiger partial charge is 0.248 e. The quantitative estimate of drug-likeness (QED) is 0.00990. The number of nitrogens with one attached hydrogen (secondary N) is 9. The van der Waals surface area contributed by atoms with Gasteiger partial charge in [0.2, 0.25) is 53.2 Å². The minimum absolute atomic E-state index is 0.138. The maximum atomic E-state index is 13.4. The highest BCUT2D eigenvalue weighted by atomic mass is 32.2. The van der Waals surface area contributed by atoms with E-state index < -0.39 is 71.4 Å². The third-order valence-corrected chi connectivity index (χ3v) is 21.9. The predicted octanol–water partition coefficient (Wildman–Crippen LogP) is 9.29. The number of thiophene rings is 3. The van der Waals surface area contributed by atoms with Crippen LogP contribution >= 0.6 is 69.3 Å². The minimum Gasteiger partial charge on any atom is -0.357 e. The van der Waals surface area contributed by atoms with Crippen LogP contribution in [0, 0.1) is 53.3 Å². The number of carbonyl (C=O) groups excluding carboxylic acids is 9. The maximum Gasteiger partial charge on any atom is 0.248 e. The van der Waals surface area contributed by atoms with E-state index in [-0.39, 0.29) is 53.2 Å². The zero-order chi connectivity index (χ0) is 70.5. The van der Waals surface area contributed by atoms with Crippen molar-refractivity contribution < 1.29 is 58.8 Å². The molecule has 3 heterocycles. The molecule has 6 aromatic rings. The lowest BCUT2D eigenvalue weighted by Crippen LogP contribution is -2.51. The number of likely N-dealkylation sites (N-methyl/N-ethyl adjacent to an activating group) is 3. The summed E-state index contributed by atoms with van der Waals surface area (Å²) < 4.78 is 3.07. The average molecular weight is 1430 g/mol. The summed E-state index contributed by atoms with van der Waals surface area (Å²) >= 11 is 9.07. The Kier molecular flexibility index (Phi) is 37.9. The molecule has 522 valence electrons. The Morgan fingerprint density at radius 3 is 0.760 bits per heavy atom. The molecule has 9 atom stereocenters. The van der Waals surface area contributed by atoms with Gasteiger partial charge in [-0.3, -0.25) is 58.8 Å². The van der Waals surface area contributed by atoms with Crippen LogP contribution in [0.3, 0.4) is 0 Å². The molecule has 12 N–H and O–H groups in total. The van der Waals surface area contributed by atoms with Crippen LogP contribution in [0.2, 0.25) is 0 Å². The van der Waals surface area contributed by atoms with Crippen molar-refractivity contribution in [2.45, 2.75) is 111 Å². The number of carbonyl (C=O) groups is 9. The van der Waals surface area contributed by atoms with Crippen LogP contribution in [-0.4, -0.2) is 125 Å². The van der Waals surface area contributed by atoms with Gasteiger partial charge in [0.1, 0.15) is 18.1 Å². The van der Waals surface area contributed by atoms with Crippen molar-refractivity contribution in [2.24, 2.45) is 53.3 Å². The summed E-state index contributed by atoms with van der Waals surface area (Å²) in [5.41, 5.74) is 7.92. The SMILES string of the molecule is CNC(=O)[C@H](Cc1ccccc1)NC(=O)[C@H](CC(C)C)[C@H](CSc1cccs1)C(=O)NO.CNC(=O)[C@H](Cc1ccccc1)NC(=O)[C@H](CC(C)C)[C@H](CSc1cccs1)C(=O)NO.CNC(=O)[C@H](Cc1ccccc1)NC(=O)[C@H](CC(C)C)[C@H](CSc1cccs1)C(=O)NO. The molecule has 0 spiro atoms. The van der Waals surface area contributed by atoms with Gasteiger partial charge in [0.15, 0.2) is 0 Å². The van der Waals surface area contributed by atoms with Gasteiger partial charge < -0.3 is 31.9 Å². The van der Waals surface area contributed by atoms with Crippen molar-refractivity contribution in [2.75, 3.05) is 38.4 Å². The number of thioether (sulfide) groups is 3. The Hall–Kier alpha value is -7.08. The van der Waals surface area contributed by atoms with Crippen molar-refractivity contribution in [1.82, 2.24) is 48.3 Å². The van der Waals surface area contributed by atoms with Crippen LogP contribution in [0.4, 0.5) is 0 Å². The van der Waals surface area contributed by atoms with Crippen LogP contribution in [0.15, 0.2) is 156 Å². The van der Waals surface area contributed by atoms with Gasteiger partial charge in [-0.25, -0.2) is 16.4 Å². The van der Waals surface area contributed by atoms with E-state index >= 15 is 0 Å². The van der Waals surface area contributed by atoms with E-state index in [4.69, 9.17) is 0 Å². The molecule has 0 aliphatic carbocycles. The summed E-state index contributed by atoms with van der Waals surface area (Å²) in [7, 11) is 4.58. The van der Waals surface area contributed by atoms with E-state index in [1.807, 2.05) is 185 Å². The third-order valence-electron chi connectivity index (χ3n) is 15.2. The summed E-state index contributed by atoms with van der Waals surface area (Å²) in [5, 5.41) is 50.2. The Balaban J connectivity index is 0.000000306. The molecule has 0 aliphatic heterocycles. The van der Waals surface area contributed by atoms with Crippen LogP contribution in [-0.2, 0) is 62.4 Å². The Morgan fingerprint density at radius 2 is 0.573 bits per heavy atom. The van der Waals surface area contributed by atoms with E-state index in [2.05, 4.69) is 31.9 Å². The van der Waals surface area contributed by atoms with Gasteiger partial charge in [0.05, 0.1) is 48.1 Å². The molecule has 6 rings (SSSR count). The van der Waals surface area contributed by atoms with Crippen LogP contribution < -0.4 is 48.3 Å². The molecule has 3 aromatic carbocycles. The zero-order valence-electron chi connectivity index (χ0n) is 55.6. The summed E-state index contributed by atoms with van der Waals surface area (Å²) in [6.07, 6.45) is 2.34. The number of hydrogen-bond acceptors (Lipinski definition) is 18. The summed E-state index contributed by atoms with van der Waals surface area (Å²) in [4.78, 5) is 115. The second kappa shape index (κ2) is 44.7. The normalized spacial score (nSPS) is 13.8. The van der Waals surface area contributed by atoms with Crippen LogP contribution in [0.1, 0.15) is 77.5 Å². The van der Waals surface area contributed by atoms with Gasteiger partial charge in [-0.15, -0.1) is 69.3 Å². The van der Waals surface area contributed by atoms with Gasteiger partial charge in [0, 0.05) is 57.7 Å². The van der Waals surface area contributed by atoms with Gasteiger partial charge in [-0.2, -0.15) is 0 Å². The van der Waals surface area contributed by atoms with Gasteiger partial charge in [0.25, 0.3) is 0 Å². The summed E-state index contributed by atoms with van der Waals surface area (Å²) in [6, 6.07) is 37.6. The molecule has 0 saturated carbocycles. The predicted molar refractivity (Wildman–Crippen MR) is 383 cm³/mol. The molecule has 0 bridgehead atoms. The second-order valence-electron chi connectivity index (χ2n) is 23.8. The highest BCUT2D eigenvalue weighted by Gasteiger charge is 2.39. The van der Waals surface area contributed by atoms with E-state index in [9.17, 15) is 58.8 Å². The summed E-state index contributed by atoms with van der Waals surface area (Å²) in [6.45, 7) is 11.8. The molecule has 0 fully saturated rings. The number of hydroxylamine groups is 3. The average Bonchev–Trinajstić information content (AvgIpc) is 2.11. The minimum atomic E-state index is -0.771. The van der Waals surface area contributed by atoms with Crippen LogP contribution in [0.5, 0.6) is 0 Å². The molecule has 0 aliphatic rings. The largest absolute Gasteiger partial charge is 0.357 e. The number of amides is 9. The molecule has 0 radical (unpaired) electrons. The van der Waals surface area contributed by atoms with E-state index in [1.54, 1.807) is 50.5 Å². The molecule has 21 nitrogen and oxygen atoms in total. The van der Waals surface area contributed by atoms with E-state index in [0.717, 1.165) is 29.3 Å². The van der Waals surface area contributed by atoms with Gasteiger partial charge in [-0.1, -0.05) is 151 Å². The molecule has 0 unspecified atom stereocenters. The lowest BCUT2D eigenvalue weighted by molar-refractivity contribution is -0.140. The zero-order valence-corrected chi connectivity index (χ0v) is 60.5. The first-order chi connectivity index (χ1) is 46.0. The molecule has 96 heavy (non-hydrogen) atoms. The monoisotopic (exact) mass is 1430 g/mol. The fraction of sp³-hybridized carbons (Fsp3) is 0.435. The fourth-order valence-electron chi connectivity index (χ4n) is 10.3. The first-order valence-electron chi connectivity index (χ1n) is 31.5. The standard InChI is InChI=1S/3C23H31N3O4S2/c3*1-15(2)12-17(18(22(28)26-30)14-32-20-10-7-11-31-20)21(27)25-19(23(29)24-3)13-16-8-5-4-6-9-16/h3*4-11,15,17-19,30H,12-14H2,1-3H3,(H,24,29)(H,25,27)(H,26,28)/t3*17-,18+,19+/m111/s1. The maximum absolute atomic E-state index is 13.4. The third kappa shape index (κ3) is 28.9. The Morgan fingerprint density at radius 1 is 0.333 bits per heavy atom. The number of rotatable bonds is 36. The Bertz CT molecular complexity index is 2920. The first-order valence-corrected chi connectivity index (χ1v) is 37.1. The van der Waals surface area contributed by atoms with Gasteiger partial charge in [-0.05, 0) is 88.0 Å². The fourth-order valence-corrected chi connectivity index (χ4v) is 16.3. The lowest BCUT2D eigenvalue weighted by atomic mass is 9.84. The van der Waals surface area contributed by atoms with Crippen molar-refractivity contribution in [3.63, 3.8) is 0 Å². The number of benzene rings is 3. The van der Waals surface area contributed by atoms with Crippen molar-refractivity contribution in [3.8, 4) is 0 Å². The van der Waals surface area contributed by atoms with Crippen LogP contribution in [0.25, 0.3) is 0 Å². The van der Waals surface area contributed by atoms with Gasteiger partial charge >= 0.3 is 0 Å². The summed E-state index contributed by atoms with van der Waals surface area (Å²) in [5.74, 6) is -6.77. The molecule has 27 heteroatoms. The highest BCUT2D eigenvalue weighted by molar-refractivity contribution is 8.01.